The van der Waals surface area contributed by atoms with Crippen molar-refractivity contribution in [2.45, 2.75) is 38.4 Å². The third kappa shape index (κ3) is 6.24. The molecular weight excluding hydrogens is 513 g/mol. The van der Waals surface area contributed by atoms with Crippen LogP contribution in [0.15, 0.2) is 61.2 Å². The number of Topliss-reactive ketones (excluding diaryl/α,β-unsaturated/α-hetero) is 2. The van der Waals surface area contributed by atoms with Gasteiger partial charge in [0.25, 0.3) is 0 Å². The molecule has 0 aliphatic rings. The van der Waals surface area contributed by atoms with Crippen LogP contribution in [-0.4, -0.2) is 31.3 Å². The van der Waals surface area contributed by atoms with Crippen molar-refractivity contribution in [3.05, 3.63) is 98.5 Å². The van der Waals surface area contributed by atoms with Crippen LogP contribution in [-0.2, 0) is 19.1 Å². The van der Waals surface area contributed by atoms with E-state index in [4.69, 9.17) is 11.6 Å². The van der Waals surface area contributed by atoms with E-state index in [0.29, 0.717) is 17.1 Å². The molecule has 0 N–H and O–H groups in total. The van der Waals surface area contributed by atoms with E-state index in [0.717, 1.165) is 29.2 Å². The summed E-state index contributed by atoms with van der Waals surface area (Å²) in [5.74, 6) is -0.774. The molecule has 0 aliphatic heterocycles. The number of halogens is 4. The first-order valence-corrected chi connectivity index (χ1v) is 12.1. The molecule has 0 spiro atoms. The van der Waals surface area contributed by atoms with E-state index < -0.39 is 22.5 Å². The van der Waals surface area contributed by atoms with E-state index >= 15 is 0 Å². The lowest BCUT2D eigenvalue weighted by Gasteiger charge is -2.09. The maximum atomic E-state index is 13.1. The van der Waals surface area contributed by atoms with Gasteiger partial charge in [0.1, 0.15) is 0 Å². The molecule has 0 saturated carbocycles. The van der Waals surface area contributed by atoms with Gasteiger partial charge < -0.3 is 0 Å². The molecule has 4 aromatic rings. The summed E-state index contributed by atoms with van der Waals surface area (Å²) < 4.78 is 40.9. The number of carbonyl (C=O) groups excluding carboxylic acids is 2. The Hall–Kier alpha value is -3.37. The first-order chi connectivity index (χ1) is 17.1. The molecule has 0 amide bonds. The number of hydrogen-bond acceptors (Lipinski definition) is 6. The smallest absolute Gasteiger partial charge is 0.294 e. The molecule has 0 radical (unpaired) electrons. The number of ketones is 2. The number of aromatic nitrogens is 4. The molecule has 1 atom stereocenters. The van der Waals surface area contributed by atoms with Crippen LogP contribution in [0.3, 0.4) is 0 Å². The highest BCUT2D eigenvalue weighted by atomic mass is 35.5. The largest absolute Gasteiger partial charge is 0.417 e. The second-order valence-electron chi connectivity index (χ2n) is 8.26. The van der Waals surface area contributed by atoms with Crippen molar-refractivity contribution in [3.8, 4) is 0 Å². The van der Waals surface area contributed by atoms with Gasteiger partial charge >= 0.3 is 6.18 Å². The molecule has 36 heavy (non-hydrogen) atoms. The molecule has 6 nitrogen and oxygen atoms in total. The quantitative estimate of drug-likeness (QED) is 0.238. The summed E-state index contributed by atoms with van der Waals surface area (Å²) in [7, 11) is 0. The van der Waals surface area contributed by atoms with Gasteiger partial charge in [0.2, 0.25) is 0 Å². The Morgan fingerprint density at radius 1 is 1.08 bits per heavy atom. The highest BCUT2D eigenvalue weighted by Crippen LogP contribution is 2.35. The van der Waals surface area contributed by atoms with Gasteiger partial charge in [-0.15, -0.1) is 11.3 Å². The average Bonchev–Trinajstić information content (AvgIpc) is 3.50. The van der Waals surface area contributed by atoms with E-state index in [2.05, 4.69) is 15.1 Å². The zero-order valence-electron chi connectivity index (χ0n) is 19.0. The molecule has 1 aromatic carbocycles. The second-order valence-corrected chi connectivity index (χ2v) is 9.73. The zero-order valence-corrected chi connectivity index (χ0v) is 20.6. The van der Waals surface area contributed by atoms with Crippen molar-refractivity contribution in [2.24, 2.45) is 0 Å². The minimum Gasteiger partial charge on any atom is -0.294 e. The normalized spacial score (nSPS) is 12.5. The number of thiazole rings is 1. The Labute approximate surface area is 213 Å². The summed E-state index contributed by atoms with van der Waals surface area (Å²) in [6, 6.07) is 10.5. The van der Waals surface area contributed by atoms with E-state index in [9.17, 15) is 22.8 Å². The van der Waals surface area contributed by atoms with Gasteiger partial charge in [0.05, 0.1) is 45.2 Å². The number of rotatable bonds is 9. The zero-order chi connectivity index (χ0) is 25.9. The summed E-state index contributed by atoms with van der Waals surface area (Å²) in [5.41, 5.74) is 0.477. The summed E-state index contributed by atoms with van der Waals surface area (Å²) in [4.78, 5) is 33.8. The fourth-order valence-electron chi connectivity index (χ4n) is 3.54. The van der Waals surface area contributed by atoms with Crippen LogP contribution in [0.2, 0.25) is 5.02 Å². The van der Waals surface area contributed by atoms with Gasteiger partial charge in [0.15, 0.2) is 11.6 Å². The van der Waals surface area contributed by atoms with Gasteiger partial charge in [-0.2, -0.15) is 18.3 Å². The summed E-state index contributed by atoms with van der Waals surface area (Å²) in [6.45, 7) is 2.38. The molecule has 0 fully saturated rings. The molecule has 3 heterocycles. The predicted molar refractivity (Wildman–Crippen MR) is 130 cm³/mol. The van der Waals surface area contributed by atoms with Crippen molar-refractivity contribution < 1.29 is 22.8 Å². The molecule has 11 heteroatoms. The number of benzene rings is 1. The number of carbonyl (C=O) groups is 2. The van der Waals surface area contributed by atoms with Crippen LogP contribution >= 0.6 is 22.9 Å². The third-order valence-electron chi connectivity index (χ3n) is 5.41. The van der Waals surface area contributed by atoms with E-state index in [1.54, 1.807) is 10.9 Å². The van der Waals surface area contributed by atoms with Crippen LogP contribution in [0.1, 0.15) is 61.1 Å². The predicted octanol–water partition coefficient (Wildman–Crippen LogP) is 6.26. The van der Waals surface area contributed by atoms with Gasteiger partial charge in [-0.1, -0.05) is 48.9 Å². The Morgan fingerprint density at radius 3 is 2.56 bits per heavy atom. The molecule has 0 aliphatic carbocycles. The number of alkyl halides is 3. The van der Waals surface area contributed by atoms with Crippen molar-refractivity contribution in [2.75, 3.05) is 0 Å². The lowest BCUT2D eigenvalue weighted by atomic mass is 10.0. The van der Waals surface area contributed by atoms with Crippen LogP contribution in [0.4, 0.5) is 13.2 Å². The van der Waals surface area contributed by atoms with Crippen molar-refractivity contribution in [3.63, 3.8) is 0 Å². The average molecular weight is 533 g/mol. The van der Waals surface area contributed by atoms with Crippen LogP contribution < -0.4 is 0 Å². The van der Waals surface area contributed by atoms with Crippen molar-refractivity contribution >= 4 is 34.5 Å². The number of nitrogens with zero attached hydrogens (tertiary/aromatic N) is 4. The SMILES string of the molecule is C[C@@H](CC(=O)c1cnn(Cc2ccccc2)c1)c1ncc(C(=O)Cc2cc(C(F)(F)F)c(Cl)cn2)s1. The van der Waals surface area contributed by atoms with Crippen LogP contribution in [0.5, 0.6) is 0 Å². The van der Waals surface area contributed by atoms with Gasteiger partial charge in [-0.25, -0.2) is 4.98 Å². The minimum atomic E-state index is -4.64. The minimum absolute atomic E-state index is 0.0394. The Balaban J connectivity index is 1.37. The Kier molecular flexibility index (Phi) is 7.65. The van der Waals surface area contributed by atoms with E-state index in [1.807, 2.05) is 37.3 Å². The van der Waals surface area contributed by atoms with Crippen LogP contribution in [0.25, 0.3) is 0 Å². The summed E-state index contributed by atoms with van der Waals surface area (Å²) in [6.07, 6.45) is 0.704. The maximum Gasteiger partial charge on any atom is 0.417 e. The second kappa shape index (κ2) is 10.7. The molecule has 186 valence electrons. The molecular formula is C25H20ClF3N4O2S. The summed E-state index contributed by atoms with van der Waals surface area (Å²) >= 11 is 6.70. The first-order valence-electron chi connectivity index (χ1n) is 10.9. The lowest BCUT2D eigenvalue weighted by molar-refractivity contribution is -0.137. The first kappa shape index (κ1) is 25.7. The molecule has 3 aromatic heterocycles. The molecule has 4 rings (SSSR count). The van der Waals surface area contributed by atoms with E-state index in [1.165, 1.54) is 12.4 Å². The molecule has 0 bridgehead atoms. The van der Waals surface area contributed by atoms with Gasteiger partial charge in [0, 0.05) is 36.6 Å². The summed E-state index contributed by atoms with van der Waals surface area (Å²) in [5, 5.41) is 4.32. The lowest BCUT2D eigenvalue weighted by Crippen LogP contribution is -2.10. The topological polar surface area (TPSA) is 77.7 Å². The van der Waals surface area contributed by atoms with E-state index in [-0.39, 0.29) is 35.1 Å². The molecule has 0 unspecified atom stereocenters. The Morgan fingerprint density at radius 2 is 1.83 bits per heavy atom. The fourth-order valence-corrected chi connectivity index (χ4v) is 4.66. The Bertz CT molecular complexity index is 1390. The molecule has 0 saturated heterocycles. The highest BCUT2D eigenvalue weighted by molar-refractivity contribution is 7.13. The van der Waals surface area contributed by atoms with Crippen molar-refractivity contribution in [1.29, 1.82) is 0 Å². The van der Waals surface area contributed by atoms with Crippen LogP contribution in [0, 0.1) is 0 Å². The number of hydrogen-bond donors (Lipinski definition) is 0. The standard InChI is InChI=1S/C25H20ClF3N4O2S/c1-15(7-21(34)17-10-32-33(14-17)13-16-5-3-2-4-6-16)24-31-12-23(36-24)22(35)9-18-8-19(25(27,28)29)20(26)11-30-18/h2-6,8,10-12,14-15H,7,9,13H2,1H3/t15-/m0/s1. The van der Waals surface area contributed by atoms with Gasteiger partial charge in [-0.3, -0.25) is 19.3 Å². The fraction of sp³-hybridized carbons (Fsp3) is 0.240. The monoisotopic (exact) mass is 532 g/mol. The van der Waals surface area contributed by atoms with Gasteiger partial charge in [-0.05, 0) is 11.6 Å². The highest BCUT2D eigenvalue weighted by Gasteiger charge is 2.34. The van der Waals surface area contributed by atoms with Crippen molar-refractivity contribution in [1.82, 2.24) is 19.7 Å². The maximum absolute atomic E-state index is 13.1. The number of pyridine rings is 1. The third-order valence-corrected chi connectivity index (χ3v) is 6.98.